The summed E-state index contributed by atoms with van der Waals surface area (Å²) in [6.07, 6.45) is 9.05. The highest BCUT2D eigenvalue weighted by atomic mass is 16.5. The maximum atomic E-state index is 13.5. The summed E-state index contributed by atoms with van der Waals surface area (Å²) < 4.78 is 12.0. The number of hydrogen-bond acceptors (Lipinski definition) is 4. The zero-order chi connectivity index (χ0) is 22.5. The van der Waals surface area contributed by atoms with Crippen LogP contribution in [0, 0.1) is 28.6 Å². The molecule has 0 radical (unpaired) electrons. The minimum Gasteiger partial charge on any atom is -0.462 e. The van der Waals surface area contributed by atoms with Gasteiger partial charge in [0.15, 0.2) is 5.78 Å². The third-order valence-electron chi connectivity index (χ3n) is 9.44. The van der Waals surface area contributed by atoms with Gasteiger partial charge >= 0.3 is 5.97 Å². The monoisotopic (exact) mass is 436 g/mol. The Hall–Kier alpha value is -1.94. The predicted molar refractivity (Wildman–Crippen MR) is 123 cm³/mol. The molecule has 32 heavy (non-hydrogen) atoms. The van der Waals surface area contributed by atoms with Crippen molar-refractivity contribution in [1.29, 1.82) is 0 Å². The van der Waals surface area contributed by atoms with E-state index in [1.54, 1.807) is 0 Å². The van der Waals surface area contributed by atoms with Crippen molar-refractivity contribution in [2.75, 3.05) is 0 Å². The zero-order valence-corrected chi connectivity index (χ0v) is 19.6. The minimum absolute atomic E-state index is 0.0551. The van der Waals surface area contributed by atoms with E-state index in [1.807, 2.05) is 12.1 Å². The van der Waals surface area contributed by atoms with Crippen LogP contribution in [0.5, 0.6) is 0 Å². The number of rotatable bonds is 4. The van der Waals surface area contributed by atoms with E-state index in [0.717, 1.165) is 44.9 Å². The Morgan fingerprint density at radius 1 is 1.03 bits per heavy atom. The highest BCUT2D eigenvalue weighted by molar-refractivity contribution is 5.94. The van der Waals surface area contributed by atoms with E-state index in [1.165, 1.54) is 18.1 Å². The second kappa shape index (κ2) is 8.13. The molecule has 3 saturated carbocycles. The lowest BCUT2D eigenvalue weighted by Crippen LogP contribution is -2.54. The first-order chi connectivity index (χ1) is 15.3. The second-order valence-electron chi connectivity index (χ2n) is 11.1. The van der Waals surface area contributed by atoms with E-state index >= 15 is 0 Å². The standard InChI is InChI=1S/C28H36O4/c1-18(29)32-21-11-13-27(2)20(15-21)16-24(30)26-22-9-10-25(28(22,3)14-12-23(26)27)31-17-19-7-5-4-6-8-19/h4-8,16,21-23,25-26H,9-15,17H2,1-3H3/t21-,22-,23-,25+,26+,27+,28-/m1/s1. The molecule has 5 rings (SSSR count). The lowest BCUT2D eigenvalue weighted by atomic mass is 9.47. The summed E-state index contributed by atoms with van der Waals surface area (Å²) in [6.45, 7) is 6.87. The Morgan fingerprint density at radius 3 is 2.56 bits per heavy atom. The molecule has 0 heterocycles. The smallest absolute Gasteiger partial charge is 0.302 e. The maximum Gasteiger partial charge on any atom is 0.302 e. The molecule has 0 amide bonds. The summed E-state index contributed by atoms with van der Waals surface area (Å²) >= 11 is 0. The summed E-state index contributed by atoms with van der Waals surface area (Å²) in [7, 11) is 0. The Balaban J connectivity index is 1.35. The van der Waals surface area contributed by atoms with Crippen LogP contribution in [-0.2, 0) is 25.7 Å². The minimum atomic E-state index is -0.222. The summed E-state index contributed by atoms with van der Waals surface area (Å²) in [5, 5.41) is 0. The molecular formula is C28H36O4. The SMILES string of the molecule is CC(=O)O[C@@H]1CC[C@@]2(C)C(=CC(=O)[C@H]3[C@H]4CC[C@H](OCc5ccccc5)[C@]4(C)CC[C@H]32)C1. The van der Waals surface area contributed by atoms with E-state index in [9.17, 15) is 9.59 Å². The summed E-state index contributed by atoms with van der Waals surface area (Å²) in [5.74, 6) is 0.999. The number of ether oxygens (including phenoxy) is 2. The van der Waals surface area contributed by atoms with Crippen molar-refractivity contribution in [1.82, 2.24) is 0 Å². The molecule has 1 aromatic rings. The highest BCUT2D eigenvalue weighted by Gasteiger charge is 2.61. The van der Waals surface area contributed by atoms with Gasteiger partial charge in [0.05, 0.1) is 12.7 Å². The van der Waals surface area contributed by atoms with Crippen molar-refractivity contribution < 1.29 is 19.1 Å². The molecule has 3 fully saturated rings. The molecule has 0 N–H and O–H groups in total. The van der Waals surface area contributed by atoms with Crippen LogP contribution in [-0.4, -0.2) is 24.0 Å². The van der Waals surface area contributed by atoms with Gasteiger partial charge in [-0.25, -0.2) is 0 Å². The first-order valence-electron chi connectivity index (χ1n) is 12.4. The number of fused-ring (bicyclic) bond motifs is 5. The molecule has 1 aromatic carbocycles. The van der Waals surface area contributed by atoms with Crippen LogP contribution >= 0.6 is 0 Å². The van der Waals surface area contributed by atoms with Gasteiger partial charge in [0, 0.05) is 19.3 Å². The Morgan fingerprint density at radius 2 is 1.81 bits per heavy atom. The predicted octanol–water partition coefficient (Wildman–Crippen LogP) is 5.65. The van der Waals surface area contributed by atoms with Gasteiger partial charge in [0.1, 0.15) is 6.10 Å². The van der Waals surface area contributed by atoms with Crippen LogP contribution in [0.2, 0.25) is 0 Å². The van der Waals surface area contributed by atoms with Crippen LogP contribution in [0.1, 0.15) is 71.3 Å². The molecule has 0 saturated heterocycles. The van der Waals surface area contributed by atoms with Crippen molar-refractivity contribution in [3.8, 4) is 0 Å². The molecule has 7 atom stereocenters. The van der Waals surface area contributed by atoms with E-state index in [2.05, 4.69) is 38.1 Å². The first-order valence-corrected chi connectivity index (χ1v) is 12.4. The van der Waals surface area contributed by atoms with E-state index in [-0.39, 0.29) is 34.9 Å². The molecule has 4 nitrogen and oxygen atoms in total. The van der Waals surface area contributed by atoms with Gasteiger partial charge < -0.3 is 9.47 Å². The van der Waals surface area contributed by atoms with Crippen LogP contribution in [0.3, 0.4) is 0 Å². The third kappa shape index (κ3) is 3.55. The Bertz CT molecular complexity index is 921. The van der Waals surface area contributed by atoms with Crippen molar-refractivity contribution in [3.63, 3.8) is 0 Å². The molecule has 0 unspecified atom stereocenters. The van der Waals surface area contributed by atoms with Crippen LogP contribution in [0.15, 0.2) is 42.0 Å². The van der Waals surface area contributed by atoms with Gasteiger partial charge in [-0.15, -0.1) is 0 Å². The van der Waals surface area contributed by atoms with Gasteiger partial charge in [-0.1, -0.05) is 49.8 Å². The van der Waals surface area contributed by atoms with Crippen LogP contribution < -0.4 is 0 Å². The van der Waals surface area contributed by atoms with Gasteiger partial charge in [-0.05, 0) is 72.8 Å². The highest BCUT2D eigenvalue weighted by Crippen LogP contribution is 2.64. The van der Waals surface area contributed by atoms with Crippen molar-refractivity contribution in [2.24, 2.45) is 28.6 Å². The van der Waals surface area contributed by atoms with Crippen LogP contribution in [0.4, 0.5) is 0 Å². The summed E-state index contributed by atoms with van der Waals surface area (Å²) in [4.78, 5) is 25.0. The van der Waals surface area contributed by atoms with E-state index in [0.29, 0.717) is 24.2 Å². The normalized spacial score (nSPS) is 40.7. The number of carbonyl (C=O) groups excluding carboxylic acids is 2. The molecule has 4 aliphatic rings. The van der Waals surface area contributed by atoms with E-state index < -0.39 is 0 Å². The average molecular weight is 437 g/mol. The number of carbonyl (C=O) groups is 2. The molecule has 4 heteroatoms. The molecule has 0 aromatic heterocycles. The molecular weight excluding hydrogens is 400 g/mol. The fourth-order valence-electron chi connectivity index (χ4n) is 7.70. The third-order valence-corrected chi connectivity index (χ3v) is 9.44. The lowest BCUT2D eigenvalue weighted by molar-refractivity contribution is -0.150. The number of ketones is 1. The van der Waals surface area contributed by atoms with Crippen molar-refractivity contribution in [2.45, 2.75) is 84.5 Å². The molecule has 172 valence electrons. The summed E-state index contributed by atoms with van der Waals surface area (Å²) in [6, 6.07) is 10.4. The molecule has 0 spiro atoms. The number of benzene rings is 1. The summed E-state index contributed by atoms with van der Waals surface area (Å²) in [5.41, 5.74) is 2.56. The fourth-order valence-corrected chi connectivity index (χ4v) is 7.70. The number of hydrogen-bond donors (Lipinski definition) is 0. The number of esters is 1. The number of allylic oxidation sites excluding steroid dienone is 1. The lowest BCUT2D eigenvalue weighted by Gasteiger charge is -2.57. The molecule has 0 bridgehead atoms. The van der Waals surface area contributed by atoms with Gasteiger partial charge in [0.2, 0.25) is 0 Å². The Labute approximate surface area is 191 Å². The Kier molecular flexibility index (Phi) is 5.56. The largest absolute Gasteiger partial charge is 0.462 e. The van der Waals surface area contributed by atoms with Crippen molar-refractivity contribution >= 4 is 11.8 Å². The van der Waals surface area contributed by atoms with Crippen LogP contribution in [0.25, 0.3) is 0 Å². The maximum absolute atomic E-state index is 13.5. The van der Waals surface area contributed by atoms with Gasteiger partial charge in [-0.2, -0.15) is 0 Å². The zero-order valence-electron chi connectivity index (χ0n) is 19.6. The average Bonchev–Trinajstić information content (AvgIpc) is 3.10. The second-order valence-corrected chi connectivity index (χ2v) is 11.1. The molecule has 4 aliphatic carbocycles. The van der Waals surface area contributed by atoms with Gasteiger partial charge in [-0.3, -0.25) is 9.59 Å². The van der Waals surface area contributed by atoms with Gasteiger partial charge in [0.25, 0.3) is 0 Å². The van der Waals surface area contributed by atoms with Crippen molar-refractivity contribution in [3.05, 3.63) is 47.5 Å². The fraction of sp³-hybridized carbons (Fsp3) is 0.643. The topological polar surface area (TPSA) is 52.6 Å². The quantitative estimate of drug-likeness (QED) is 0.573. The first kappa shape index (κ1) is 21.9. The van der Waals surface area contributed by atoms with E-state index in [4.69, 9.17) is 9.47 Å². The molecule has 0 aliphatic heterocycles.